The van der Waals surface area contributed by atoms with Crippen LogP contribution in [-0.4, -0.2) is 36.7 Å². The second-order valence-electron chi connectivity index (χ2n) is 5.63. The lowest BCUT2D eigenvalue weighted by Crippen LogP contribution is -2.50. The van der Waals surface area contributed by atoms with Crippen molar-refractivity contribution in [3.05, 3.63) is 22.4 Å². The standard InChI is InChI=1S/C15H26N2OS/c1-12(2)17(10-14-6-4-8-19-14)15(9-16)13-5-3-7-18-11-13/h4,6,8,12-13,15H,3,5,7,9-11,16H2,1-2H3. The van der Waals surface area contributed by atoms with Crippen molar-refractivity contribution in [3.63, 3.8) is 0 Å². The van der Waals surface area contributed by atoms with Gasteiger partial charge in [0.05, 0.1) is 6.61 Å². The van der Waals surface area contributed by atoms with E-state index in [1.54, 1.807) is 0 Å². The molecule has 0 aliphatic carbocycles. The Morgan fingerprint density at radius 1 is 1.53 bits per heavy atom. The van der Waals surface area contributed by atoms with Crippen LogP contribution < -0.4 is 5.73 Å². The molecular weight excluding hydrogens is 256 g/mol. The van der Waals surface area contributed by atoms with E-state index < -0.39 is 0 Å². The van der Waals surface area contributed by atoms with Crippen molar-refractivity contribution >= 4 is 11.3 Å². The molecule has 1 aliphatic rings. The van der Waals surface area contributed by atoms with Gasteiger partial charge in [-0.05, 0) is 44.1 Å². The van der Waals surface area contributed by atoms with Crippen LogP contribution in [0.2, 0.25) is 0 Å². The Labute approximate surface area is 120 Å². The maximum Gasteiger partial charge on any atom is 0.0509 e. The van der Waals surface area contributed by atoms with Gasteiger partial charge in [0.1, 0.15) is 0 Å². The molecule has 4 heteroatoms. The second-order valence-corrected chi connectivity index (χ2v) is 6.66. The first kappa shape index (κ1) is 15.0. The number of nitrogens with zero attached hydrogens (tertiary/aromatic N) is 1. The van der Waals surface area contributed by atoms with Crippen LogP contribution in [0.15, 0.2) is 17.5 Å². The molecule has 2 N–H and O–H groups in total. The van der Waals surface area contributed by atoms with E-state index in [0.717, 1.165) is 26.3 Å². The van der Waals surface area contributed by atoms with Crippen molar-refractivity contribution in [1.29, 1.82) is 0 Å². The summed E-state index contributed by atoms with van der Waals surface area (Å²) in [5.41, 5.74) is 6.08. The zero-order chi connectivity index (χ0) is 13.7. The van der Waals surface area contributed by atoms with Crippen molar-refractivity contribution in [2.45, 2.75) is 45.3 Å². The molecule has 0 radical (unpaired) electrons. The Bertz CT molecular complexity index is 347. The number of nitrogens with two attached hydrogens (primary N) is 1. The zero-order valence-corrected chi connectivity index (χ0v) is 12.9. The first-order chi connectivity index (χ1) is 9.22. The van der Waals surface area contributed by atoms with E-state index in [1.807, 2.05) is 11.3 Å². The van der Waals surface area contributed by atoms with Crippen LogP contribution in [0.3, 0.4) is 0 Å². The average molecular weight is 282 g/mol. The van der Waals surface area contributed by atoms with Crippen LogP contribution in [-0.2, 0) is 11.3 Å². The molecule has 1 aromatic rings. The summed E-state index contributed by atoms with van der Waals surface area (Å²) in [5, 5.41) is 2.15. The highest BCUT2D eigenvalue weighted by Crippen LogP contribution is 2.25. The number of hydrogen-bond acceptors (Lipinski definition) is 4. The van der Waals surface area contributed by atoms with Gasteiger partial charge in [-0.15, -0.1) is 11.3 Å². The third-order valence-corrected chi connectivity index (χ3v) is 4.85. The highest BCUT2D eigenvalue weighted by molar-refractivity contribution is 7.09. The lowest BCUT2D eigenvalue weighted by Gasteiger charge is -2.40. The number of ether oxygens (including phenoxy) is 1. The molecule has 2 unspecified atom stereocenters. The van der Waals surface area contributed by atoms with Crippen molar-refractivity contribution in [1.82, 2.24) is 4.90 Å². The van der Waals surface area contributed by atoms with E-state index in [-0.39, 0.29) is 0 Å². The van der Waals surface area contributed by atoms with E-state index in [2.05, 4.69) is 36.3 Å². The zero-order valence-electron chi connectivity index (χ0n) is 12.0. The first-order valence-electron chi connectivity index (χ1n) is 7.28. The van der Waals surface area contributed by atoms with Gasteiger partial charge >= 0.3 is 0 Å². The Balaban J connectivity index is 2.06. The minimum Gasteiger partial charge on any atom is -0.381 e. The molecule has 0 aromatic carbocycles. The minimum absolute atomic E-state index is 0.433. The van der Waals surface area contributed by atoms with Gasteiger partial charge < -0.3 is 10.5 Å². The molecule has 2 rings (SSSR count). The van der Waals surface area contributed by atoms with Crippen molar-refractivity contribution in [2.24, 2.45) is 11.7 Å². The summed E-state index contributed by atoms with van der Waals surface area (Å²) < 4.78 is 5.65. The van der Waals surface area contributed by atoms with Crippen molar-refractivity contribution in [2.75, 3.05) is 19.8 Å². The topological polar surface area (TPSA) is 38.5 Å². The molecule has 1 aromatic heterocycles. The smallest absolute Gasteiger partial charge is 0.0509 e. The minimum atomic E-state index is 0.433. The Morgan fingerprint density at radius 2 is 2.37 bits per heavy atom. The Kier molecular flexibility index (Phi) is 5.82. The molecule has 1 saturated heterocycles. The van der Waals surface area contributed by atoms with Crippen LogP contribution in [0.25, 0.3) is 0 Å². The van der Waals surface area contributed by atoms with Crippen molar-refractivity contribution < 1.29 is 4.74 Å². The van der Waals surface area contributed by atoms with Crippen molar-refractivity contribution in [3.8, 4) is 0 Å². The molecule has 2 heterocycles. The van der Waals surface area contributed by atoms with E-state index >= 15 is 0 Å². The molecule has 19 heavy (non-hydrogen) atoms. The summed E-state index contributed by atoms with van der Waals surface area (Å²) in [6.45, 7) is 8.04. The summed E-state index contributed by atoms with van der Waals surface area (Å²) in [4.78, 5) is 3.97. The molecule has 1 fully saturated rings. The molecule has 3 nitrogen and oxygen atoms in total. The van der Waals surface area contributed by atoms with E-state index in [0.29, 0.717) is 18.0 Å². The molecule has 2 atom stereocenters. The van der Waals surface area contributed by atoms with Crippen LogP contribution in [0.1, 0.15) is 31.6 Å². The maximum absolute atomic E-state index is 6.08. The highest BCUT2D eigenvalue weighted by Gasteiger charge is 2.29. The SMILES string of the molecule is CC(C)N(Cc1cccs1)C(CN)C1CCCOC1. The molecule has 1 aliphatic heterocycles. The van der Waals surface area contributed by atoms with E-state index in [9.17, 15) is 0 Å². The molecule has 0 saturated carbocycles. The van der Waals surface area contributed by atoms with Gasteiger partial charge in [-0.2, -0.15) is 0 Å². The van der Waals surface area contributed by atoms with E-state index in [1.165, 1.54) is 17.7 Å². The normalized spacial score (nSPS) is 22.1. The quantitative estimate of drug-likeness (QED) is 0.872. The van der Waals surface area contributed by atoms with Gasteiger partial charge in [0.15, 0.2) is 0 Å². The van der Waals surface area contributed by atoms with Gasteiger partial charge in [-0.3, -0.25) is 4.90 Å². The van der Waals surface area contributed by atoms with Gasteiger partial charge in [0, 0.05) is 36.7 Å². The molecule has 0 amide bonds. The largest absolute Gasteiger partial charge is 0.381 e. The summed E-state index contributed by atoms with van der Waals surface area (Å²) in [5.74, 6) is 0.584. The fourth-order valence-corrected chi connectivity index (χ4v) is 3.65. The lowest BCUT2D eigenvalue weighted by atomic mass is 9.91. The van der Waals surface area contributed by atoms with Crippen LogP contribution in [0.4, 0.5) is 0 Å². The summed E-state index contributed by atoms with van der Waals surface area (Å²) in [6, 6.07) is 5.28. The maximum atomic E-state index is 6.08. The molecule has 108 valence electrons. The van der Waals surface area contributed by atoms with Gasteiger partial charge in [-0.1, -0.05) is 6.07 Å². The summed E-state index contributed by atoms with van der Waals surface area (Å²) in [6.07, 6.45) is 2.42. The third kappa shape index (κ3) is 4.02. The van der Waals surface area contributed by atoms with Gasteiger partial charge in [0.25, 0.3) is 0 Å². The average Bonchev–Trinajstić information content (AvgIpc) is 2.92. The van der Waals surface area contributed by atoms with Crippen LogP contribution >= 0.6 is 11.3 Å². The van der Waals surface area contributed by atoms with E-state index in [4.69, 9.17) is 10.5 Å². The number of rotatable bonds is 6. The number of thiophene rings is 1. The summed E-state index contributed by atoms with van der Waals surface area (Å²) >= 11 is 1.83. The van der Waals surface area contributed by atoms with Gasteiger partial charge in [0.2, 0.25) is 0 Å². The third-order valence-electron chi connectivity index (χ3n) is 3.99. The number of hydrogen-bond donors (Lipinski definition) is 1. The predicted octanol–water partition coefficient (Wildman–Crippen LogP) is 2.71. The molecular formula is C15H26N2OS. The fourth-order valence-electron chi connectivity index (χ4n) is 2.93. The Hall–Kier alpha value is -0.420. The first-order valence-corrected chi connectivity index (χ1v) is 8.16. The molecule has 0 spiro atoms. The lowest BCUT2D eigenvalue weighted by molar-refractivity contribution is 0.000388. The second kappa shape index (κ2) is 7.39. The summed E-state index contributed by atoms with van der Waals surface area (Å²) in [7, 11) is 0. The monoisotopic (exact) mass is 282 g/mol. The predicted molar refractivity (Wildman–Crippen MR) is 81.4 cm³/mol. The Morgan fingerprint density at radius 3 is 2.89 bits per heavy atom. The van der Waals surface area contributed by atoms with Crippen LogP contribution in [0.5, 0.6) is 0 Å². The molecule has 0 bridgehead atoms. The van der Waals surface area contributed by atoms with Gasteiger partial charge in [-0.25, -0.2) is 0 Å². The van der Waals surface area contributed by atoms with Crippen LogP contribution in [0, 0.1) is 5.92 Å². The fraction of sp³-hybridized carbons (Fsp3) is 0.733. The highest BCUT2D eigenvalue weighted by atomic mass is 32.1.